The molecule has 0 radical (unpaired) electrons. The average Bonchev–Trinajstić information content (AvgIpc) is 3.03. The van der Waals surface area contributed by atoms with Crippen LogP contribution >= 0.6 is 0 Å². The predicted molar refractivity (Wildman–Crippen MR) is 135 cm³/mol. The second-order valence-electron chi connectivity index (χ2n) is 9.66. The summed E-state index contributed by atoms with van der Waals surface area (Å²) in [6, 6.07) is 14.3. The lowest BCUT2D eigenvalue weighted by atomic mass is 9.93. The molecule has 1 atom stereocenters. The van der Waals surface area contributed by atoms with Crippen molar-refractivity contribution in [3.63, 3.8) is 0 Å². The van der Waals surface area contributed by atoms with E-state index in [1.807, 2.05) is 57.1 Å². The highest BCUT2D eigenvalue weighted by atomic mass is 16.5. The molecule has 1 aliphatic rings. The van der Waals surface area contributed by atoms with E-state index in [9.17, 15) is 14.7 Å². The summed E-state index contributed by atoms with van der Waals surface area (Å²) in [6.45, 7) is 9.34. The SMILES string of the molecule is CC(C)Oc1ccc(/C(O)=C2\C(=O)C(=O)N(CCCN(C)C)[C@@H]2c2ccc(C(C)C)cc2)cc1. The lowest BCUT2D eigenvalue weighted by Crippen LogP contribution is -2.32. The monoisotopic (exact) mass is 464 g/mol. The van der Waals surface area contributed by atoms with Crippen LogP contribution in [0.25, 0.3) is 5.76 Å². The van der Waals surface area contributed by atoms with Crippen LogP contribution in [0.2, 0.25) is 0 Å². The van der Waals surface area contributed by atoms with Crippen LogP contribution in [0.1, 0.15) is 62.8 Å². The third-order valence-corrected chi connectivity index (χ3v) is 5.96. The van der Waals surface area contributed by atoms with Crippen LogP contribution in [-0.4, -0.2) is 59.9 Å². The molecule has 0 aliphatic carbocycles. The van der Waals surface area contributed by atoms with Gasteiger partial charge in [0, 0.05) is 12.1 Å². The second-order valence-corrected chi connectivity index (χ2v) is 9.66. The third-order valence-electron chi connectivity index (χ3n) is 5.96. The number of rotatable bonds is 9. The van der Waals surface area contributed by atoms with Crippen molar-refractivity contribution in [1.29, 1.82) is 0 Å². The summed E-state index contributed by atoms with van der Waals surface area (Å²) < 4.78 is 5.68. The van der Waals surface area contributed by atoms with Gasteiger partial charge < -0.3 is 19.6 Å². The van der Waals surface area contributed by atoms with Crippen LogP contribution in [0.5, 0.6) is 5.75 Å². The second kappa shape index (κ2) is 10.9. The maximum Gasteiger partial charge on any atom is 0.295 e. The van der Waals surface area contributed by atoms with Crippen molar-refractivity contribution >= 4 is 17.4 Å². The number of benzene rings is 2. The maximum atomic E-state index is 13.2. The minimum Gasteiger partial charge on any atom is -0.507 e. The number of nitrogens with zero attached hydrogens (tertiary/aromatic N) is 2. The Bertz CT molecular complexity index is 1040. The Morgan fingerprint density at radius 3 is 2.15 bits per heavy atom. The van der Waals surface area contributed by atoms with E-state index in [0.29, 0.717) is 23.8 Å². The topological polar surface area (TPSA) is 70.1 Å². The Morgan fingerprint density at radius 2 is 1.62 bits per heavy atom. The third kappa shape index (κ3) is 5.68. The summed E-state index contributed by atoms with van der Waals surface area (Å²) >= 11 is 0. The highest BCUT2D eigenvalue weighted by Crippen LogP contribution is 2.40. The van der Waals surface area contributed by atoms with Gasteiger partial charge in [0.05, 0.1) is 17.7 Å². The van der Waals surface area contributed by atoms with Crippen molar-refractivity contribution in [2.24, 2.45) is 0 Å². The van der Waals surface area contributed by atoms with Gasteiger partial charge in [0.25, 0.3) is 11.7 Å². The first kappa shape index (κ1) is 25.5. The standard InChI is InChI=1S/C28H36N2O4/c1-18(2)20-8-10-21(11-9-20)25-24(27(32)28(33)30(25)17-7-16-29(5)6)26(31)22-12-14-23(15-13-22)34-19(3)4/h8-15,18-19,25,31H,7,16-17H2,1-6H3/b26-24+/t25-/m1/s1. The molecule has 1 N–H and O–H groups in total. The minimum atomic E-state index is -0.650. The first-order valence-corrected chi connectivity index (χ1v) is 11.9. The molecule has 2 aromatic rings. The lowest BCUT2D eigenvalue weighted by molar-refractivity contribution is -0.139. The van der Waals surface area contributed by atoms with Gasteiger partial charge in [-0.3, -0.25) is 9.59 Å². The van der Waals surface area contributed by atoms with Gasteiger partial charge in [0.15, 0.2) is 0 Å². The van der Waals surface area contributed by atoms with Crippen LogP contribution in [0.4, 0.5) is 0 Å². The van der Waals surface area contributed by atoms with Crippen LogP contribution in [0, 0.1) is 0 Å². The number of aliphatic hydroxyl groups is 1. The average molecular weight is 465 g/mol. The number of amides is 1. The van der Waals surface area contributed by atoms with Crippen LogP contribution in [0.15, 0.2) is 54.1 Å². The zero-order valence-corrected chi connectivity index (χ0v) is 21.0. The molecule has 1 saturated heterocycles. The summed E-state index contributed by atoms with van der Waals surface area (Å²) in [4.78, 5) is 29.9. The number of carbonyl (C=O) groups is 2. The smallest absolute Gasteiger partial charge is 0.295 e. The van der Waals surface area contributed by atoms with E-state index in [2.05, 4.69) is 13.8 Å². The van der Waals surface area contributed by atoms with Crippen LogP contribution < -0.4 is 4.74 Å². The molecule has 6 nitrogen and oxygen atoms in total. The van der Waals surface area contributed by atoms with Crippen LogP contribution in [0.3, 0.4) is 0 Å². The number of likely N-dealkylation sites (tertiary alicyclic amines) is 1. The molecule has 1 amide bonds. The van der Waals surface area contributed by atoms with Gasteiger partial charge in [-0.25, -0.2) is 0 Å². The van der Waals surface area contributed by atoms with Gasteiger partial charge >= 0.3 is 0 Å². The molecule has 2 aromatic carbocycles. The molecule has 34 heavy (non-hydrogen) atoms. The van der Waals surface area contributed by atoms with Gasteiger partial charge in [0.1, 0.15) is 11.5 Å². The quantitative estimate of drug-likeness (QED) is 0.322. The number of aliphatic hydroxyl groups excluding tert-OH is 1. The Hall–Kier alpha value is -3.12. The largest absolute Gasteiger partial charge is 0.507 e. The van der Waals surface area contributed by atoms with Gasteiger partial charge in [-0.1, -0.05) is 38.1 Å². The first-order valence-electron chi connectivity index (χ1n) is 11.9. The van der Waals surface area contributed by atoms with Crippen molar-refractivity contribution in [2.45, 2.75) is 52.2 Å². The normalized spacial score (nSPS) is 17.9. The van der Waals surface area contributed by atoms with E-state index < -0.39 is 17.7 Å². The molecule has 182 valence electrons. The molecule has 0 bridgehead atoms. The highest BCUT2D eigenvalue weighted by Gasteiger charge is 2.45. The number of carbonyl (C=O) groups excluding carboxylic acids is 2. The van der Waals surface area contributed by atoms with Crippen molar-refractivity contribution < 1.29 is 19.4 Å². The summed E-state index contributed by atoms with van der Waals surface area (Å²) in [7, 11) is 3.95. The molecular weight excluding hydrogens is 428 g/mol. The summed E-state index contributed by atoms with van der Waals surface area (Å²) in [6.07, 6.45) is 0.753. The Labute approximate surface area is 202 Å². The minimum absolute atomic E-state index is 0.0285. The van der Waals surface area contributed by atoms with Crippen molar-refractivity contribution in [2.75, 3.05) is 27.2 Å². The van der Waals surface area contributed by atoms with Gasteiger partial charge in [-0.15, -0.1) is 0 Å². The number of hydrogen-bond acceptors (Lipinski definition) is 5. The van der Waals surface area contributed by atoms with E-state index in [1.54, 1.807) is 29.2 Å². The fraction of sp³-hybridized carbons (Fsp3) is 0.429. The summed E-state index contributed by atoms with van der Waals surface area (Å²) in [5.41, 5.74) is 2.60. The Balaban J connectivity index is 2.04. The zero-order valence-electron chi connectivity index (χ0n) is 21.0. The molecule has 0 saturated carbocycles. The fourth-order valence-electron chi connectivity index (χ4n) is 4.20. The van der Waals surface area contributed by atoms with Crippen molar-refractivity contribution in [1.82, 2.24) is 9.80 Å². The van der Waals surface area contributed by atoms with E-state index in [-0.39, 0.29) is 17.4 Å². The van der Waals surface area contributed by atoms with Crippen molar-refractivity contribution in [3.05, 3.63) is 70.8 Å². The molecule has 3 rings (SSSR count). The number of ketones is 1. The molecule has 0 aromatic heterocycles. The number of ether oxygens (including phenoxy) is 1. The van der Waals surface area contributed by atoms with Gasteiger partial charge in [0.2, 0.25) is 0 Å². The molecule has 6 heteroatoms. The van der Waals surface area contributed by atoms with E-state index in [4.69, 9.17) is 4.74 Å². The van der Waals surface area contributed by atoms with E-state index >= 15 is 0 Å². The molecule has 0 spiro atoms. The summed E-state index contributed by atoms with van der Waals surface area (Å²) in [5.74, 6) is -0.341. The maximum absolute atomic E-state index is 13.2. The Kier molecular flexibility index (Phi) is 8.15. The molecular formula is C28H36N2O4. The van der Waals surface area contributed by atoms with E-state index in [0.717, 1.165) is 18.5 Å². The summed E-state index contributed by atoms with van der Waals surface area (Å²) in [5, 5.41) is 11.2. The molecule has 1 aliphatic heterocycles. The lowest BCUT2D eigenvalue weighted by Gasteiger charge is -2.26. The van der Waals surface area contributed by atoms with Gasteiger partial charge in [-0.05, 0) is 82.2 Å². The predicted octanol–water partition coefficient (Wildman–Crippen LogP) is 4.97. The number of hydrogen-bond donors (Lipinski definition) is 1. The Morgan fingerprint density at radius 1 is 1.00 bits per heavy atom. The molecule has 1 fully saturated rings. The van der Waals surface area contributed by atoms with Crippen molar-refractivity contribution in [3.8, 4) is 5.75 Å². The first-order chi connectivity index (χ1) is 16.1. The van der Waals surface area contributed by atoms with Crippen LogP contribution in [-0.2, 0) is 9.59 Å². The zero-order chi connectivity index (χ0) is 25.0. The fourth-order valence-corrected chi connectivity index (χ4v) is 4.20. The van der Waals surface area contributed by atoms with Gasteiger partial charge in [-0.2, -0.15) is 0 Å². The number of Topliss-reactive ketones (excluding diaryl/α,β-unsaturated/α-hetero) is 1. The highest BCUT2D eigenvalue weighted by molar-refractivity contribution is 6.46. The molecule has 1 heterocycles. The van der Waals surface area contributed by atoms with E-state index in [1.165, 1.54) is 5.56 Å². The molecule has 0 unspecified atom stereocenters.